The first-order chi connectivity index (χ1) is 10.2. The summed E-state index contributed by atoms with van der Waals surface area (Å²) in [5, 5.41) is 9.62. The summed E-state index contributed by atoms with van der Waals surface area (Å²) >= 11 is 0. The Balaban J connectivity index is 2.16. The van der Waals surface area contributed by atoms with E-state index in [4.69, 9.17) is 14.3 Å². The summed E-state index contributed by atoms with van der Waals surface area (Å²) in [6.07, 6.45) is -0.220. The van der Waals surface area contributed by atoms with Gasteiger partial charge in [0.25, 0.3) is 0 Å². The molecule has 0 aliphatic carbocycles. The van der Waals surface area contributed by atoms with Crippen molar-refractivity contribution >= 4 is 6.09 Å². The molecule has 0 spiro atoms. The second kappa shape index (κ2) is 9.62. The number of aliphatic hydroxyl groups excluding tert-OH is 1. The van der Waals surface area contributed by atoms with Crippen molar-refractivity contribution in [3.63, 3.8) is 0 Å². The van der Waals surface area contributed by atoms with Crippen LogP contribution in [-0.2, 0) is 9.57 Å². The maximum atomic E-state index is 11.0. The lowest BCUT2D eigenvalue weighted by Crippen LogP contribution is -2.31. The first kappa shape index (κ1) is 16.8. The molecule has 2 N–H and O–H groups in total. The Morgan fingerprint density at radius 1 is 1.33 bits per heavy atom. The summed E-state index contributed by atoms with van der Waals surface area (Å²) in [5.41, 5.74) is 2.02. The van der Waals surface area contributed by atoms with Gasteiger partial charge in [-0.2, -0.15) is 5.48 Å². The fraction of sp³-hybridized carbons (Fsp3) is 0.357. The molecule has 0 bridgehead atoms. The van der Waals surface area contributed by atoms with Gasteiger partial charge in [-0.3, -0.25) is 4.84 Å². The van der Waals surface area contributed by atoms with E-state index in [0.717, 1.165) is 0 Å². The van der Waals surface area contributed by atoms with Gasteiger partial charge in [0.05, 0.1) is 7.11 Å². The van der Waals surface area contributed by atoms with Crippen molar-refractivity contribution in [3.8, 4) is 11.5 Å². The van der Waals surface area contributed by atoms with Gasteiger partial charge in [-0.25, -0.2) is 4.79 Å². The molecule has 1 rings (SSSR count). The lowest BCUT2D eigenvalue weighted by Gasteiger charge is -2.13. The van der Waals surface area contributed by atoms with Crippen molar-refractivity contribution < 1.29 is 28.9 Å². The smallest absolute Gasteiger partial charge is 0.431 e. The van der Waals surface area contributed by atoms with Gasteiger partial charge in [0.1, 0.15) is 37.4 Å². The van der Waals surface area contributed by atoms with Crippen molar-refractivity contribution in [2.45, 2.75) is 6.10 Å². The summed E-state index contributed by atoms with van der Waals surface area (Å²) in [4.78, 5) is 15.8. The van der Waals surface area contributed by atoms with Crippen LogP contribution in [0.3, 0.4) is 0 Å². The minimum atomic E-state index is -0.896. The molecule has 0 radical (unpaired) electrons. The number of ether oxygens (including phenoxy) is 3. The highest BCUT2D eigenvalue weighted by atomic mass is 16.7. The van der Waals surface area contributed by atoms with E-state index in [1.165, 1.54) is 6.08 Å². The monoisotopic (exact) mass is 297 g/mol. The van der Waals surface area contributed by atoms with Gasteiger partial charge in [-0.15, -0.1) is 0 Å². The third-order valence-electron chi connectivity index (χ3n) is 2.27. The van der Waals surface area contributed by atoms with Crippen molar-refractivity contribution in [2.24, 2.45) is 0 Å². The molecule has 0 aliphatic heterocycles. The maximum Gasteiger partial charge on any atom is 0.431 e. The number of carbonyl (C=O) groups is 1. The van der Waals surface area contributed by atoms with Crippen molar-refractivity contribution in [1.82, 2.24) is 5.48 Å². The minimum absolute atomic E-state index is 0.0235. The summed E-state index contributed by atoms with van der Waals surface area (Å²) in [7, 11) is 1.57. The lowest BCUT2D eigenvalue weighted by atomic mass is 10.3. The van der Waals surface area contributed by atoms with Gasteiger partial charge in [0.15, 0.2) is 0 Å². The quantitative estimate of drug-likeness (QED) is 0.527. The molecule has 0 aliphatic rings. The fourth-order valence-corrected chi connectivity index (χ4v) is 1.27. The summed E-state index contributed by atoms with van der Waals surface area (Å²) in [6.45, 7) is 3.37. The van der Waals surface area contributed by atoms with E-state index in [0.29, 0.717) is 11.5 Å². The molecule has 1 unspecified atom stereocenters. The normalized spacial score (nSPS) is 11.3. The Kier molecular flexibility index (Phi) is 7.70. The first-order valence-electron chi connectivity index (χ1n) is 6.26. The molecule has 21 heavy (non-hydrogen) atoms. The molecule has 1 amide bonds. The molecule has 0 heterocycles. The zero-order chi connectivity index (χ0) is 15.5. The predicted octanol–water partition coefficient (Wildman–Crippen LogP) is 1.28. The molecule has 0 aromatic heterocycles. The molecule has 7 heteroatoms. The van der Waals surface area contributed by atoms with Crippen LogP contribution in [0.25, 0.3) is 0 Å². The summed E-state index contributed by atoms with van der Waals surface area (Å²) in [6, 6.07) is 6.93. The Morgan fingerprint density at radius 2 is 2.00 bits per heavy atom. The van der Waals surface area contributed by atoms with E-state index in [9.17, 15) is 9.90 Å². The predicted molar refractivity (Wildman–Crippen MR) is 75.1 cm³/mol. The van der Waals surface area contributed by atoms with Gasteiger partial charge in [0.2, 0.25) is 0 Å². The Hall–Kier alpha value is -2.25. The zero-order valence-corrected chi connectivity index (χ0v) is 11.8. The largest absolute Gasteiger partial charge is 0.497 e. The molecule has 1 aromatic rings. The van der Waals surface area contributed by atoms with Crippen molar-refractivity contribution in [3.05, 3.63) is 36.9 Å². The highest BCUT2D eigenvalue weighted by Crippen LogP contribution is 2.16. The first-order valence-corrected chi connectivity index (χ1v) is 6.26. The Bertz CT molecular complexity index is 434. The summed E-state index contributed by atoms with van der Waals surface area (Å²) < 4.78 is 15.0. The number of benzene rings is 1. The number of hydrogen-bond donors (Lipinski definition) is 2. The molecular formula is C14H19NO6. The van der Waals surface area contributed by atoms with Crippen LogP contribution in [0.4, 0.5) is 4.79 Å². The molecule has 0 saturated heterocycles. The van der Waals surface area contributed by atoms with Crippen LogP contribution >= 0.6 is 0 Å². The average Bonchev–Trinajstić information content (AvgIpc) is 2.51. The van der Waals surface area contributed by atoms with Gasteiger partial charge in [-0.05, 0) is 24.3 Å². The van der Waals surface area contributed by atoms with Crippen LogP contribution < -0.4 is 15.0 Å². The third kappa shape index (κ3) is 7.19. The Morgan fingerprint density at radius 3 is 2.62 bits per heavy atom. The second-order valence-electron chi connectivity index (χ2n) is 3.94. The highest BCUT2D eigenvalue weighted by molar-refractivity contribution is 5.65. The number of rotatable bonds is 9. The van der Waals surface area contributed by atoms with Crippen LogP contribution in [-0.4, -0.2) is 44.2 Å². The van der Waals surface area contributed by atoms with E-state index in [-0.39, 0.29) is 19.8 Å². The number of carbonyl (C=O) groups excluding carboxylic acids is 1. The van der Waals surface area contributed by atoms with E-state index < -0.39 is 12.2 Å². The molecule has 7 nitrogen and oxygen atoms in total. The Labute approximate surface area is 123 Å². The third-order valence-corrected chi connectivity index (χ3v) is 2.27. The van der Waals surface area contributed by atoms with Crippen molar-refractivity contribution in [2.75, 3.05) is 26.9 Å². The molecule has 1 atom stereocenters. The SMILES string of the molecule is C=CCOC(=O)NOCC(O)COc1ccc(OC)cc1. The molecule has 116 valence electrons. The molecule has 0 saturated carbocycles. The number of nitrogens with one attached hydrogen (secondary N) is 1. The number of methoxy groups -OCH3 is 1. The van der Waals surface area contributed by atoms with Crippen LogP contribution in [0, 0.1) is 0 Å². The fourth-order valence-electron chi connectivity index (χ4n) is 1.27. The topological polar surface area (TPSA) is 86.3 Å². The lowest BCUT2D eigenvalue weighted by molar-refractivity contribution is -0.0302. The standard InChI is InChI=1S/C14H19NO6/c1-3-8-19-14(17)15-21-10-11(16)9-20-13-6-4-12(18-2)5-7-13/h3-7,11,16H,1,8-10H2,2H3,(H,15,17). The number of amides is 1. The number of hydroxylamine groups is 1. The number of aliphatic hydroxyl groups is 1. The molecule has 1 aromatic carbocycles. The zero-order valence-electron chi connectivity index (χ0n) is 11.8. The van der Waals surface area contributed by atoms with E-state index >= 15 is 0 Å². The van der Waals surface area contributed by atoms with Crippen LogP contribution in [0.15, 0.2) is 36.9 Å². The van der Waals surface area contributed by atoms with Crippen LogP contribution in [0.2, 0.25) is 0 Å². The summed E-state index contributed by atoms with van der Waals surface area (Å²) in [5.74, 6) is 1.31. The molecule has 0 fully saturated rings. The maximum absolute atomic E-state index is 11.0. The van der Waals surface area contributed by atoms with Gasteiger partial charge in [0, 0.05) is 0 Å². The van der Waals surface area contributed by atoms with Crippen LogP contribution in [0.5, 0.6) is 11.5 Å². The van der Waals surface area contributed by atoms with Gasteiger partial charge >= 0.3 is 6.09 Å². The van der Waals surface area contributed by atoms with E-state index in [1.54, 1.807) is 31.4 Å². The minimum Gasteiger partial charge on any atom is -0.497 e. The van der Waals surface area contributed by atoms with Gasteiger partial charge < -0.3 is 19.3 Å². The van der Waals surface area contributed by atoms with Crippen LogP contribution in [0.1, 0.15) is 0 Å². The van der Waals surface area contributed by atoms with E-state index in [1.807, 2.05) is 5.48 Å². The van der Waals surface area contributed by atoms with E-state index in [2.05, 4.69) is 11.3 Å². The number of hydrogen-bond acceptors (Lipinski definition) is 6. The second-order valence-corrected chi connectivity index (χ2v) is 3.94. The van der Waals surface area contributed by atoms with Crippen molar-refractivity contribution in [1.29, 1.82) is 0 Å². The molecular weight excluding hydrogens is 278 g/mol. The van der Waals surface area contributed by atoms with Gasteiger partial charge in [-0.1, -0.05) is 12.7 Å². The highest BCUT2D eigenvalue weighted by Gasteiger charge is 2.08. The average molecular weight is 297 g/mol.